The van der Waals surface area contributed by atoms with Crippen molar-refractivity contribution < 1.29 is 14.3 Å². The Morgan fingerprint density at radius 2 is 2.00 bits per heavy atom. The van der Waals surface area contributed by atoms with E-state index in [9.17, 15) is 4.79 Å². The molecule has 3 rings (SSSR count). The number of amides is 2. The molecule has 1 aliphatic rings. The molecule has 2 heterocycles. The fraction of sp³-hybridized carbons (Fsp3) is 0.286. The highest BCUT2D eigenvalue weighted by atomic mass is 16.6. The number of carbonyl (C=O) groups is 1. The van der Waals surface area contributed by atoms with Crippen molar-refractivity contribution in [2.75, 3.05) is 31.6 Å². The number of fused-ring (bicyclic) bond motifs is 2. The van der Waals surface area contributed by atoms with Crippen molar-refractivity contribution in [3.8, 4) is 11.5 Å². The molecule has 0 saturated heterocycles. The summed E-state index contributed by atoms with van der Waals surface area (Å²) in [5.74, 6) is 2.21. The molecule has 0 unspecified atom stereocenters. The number of nitrogens with two attached hydrogens (primary N) is 1. The van der Waals surface area contributed by atoms with E-state index in [2.05, 4.69) is 15.6 Å². The van der Waals surface area contributed by atoms with Crippen molar-refractivity contribution >= 4 is 22.6 Å². The molecule has 4 N–H and O–H groups in total. The minimum atomic E-state index is -0.540. The minimum absolute atomic E-state index is 0.429. The van der Waals surface area contributed by atoms with E-state index in [1.54, 1.807) is 6.20 Å². The van der Waals surface area contributed by atoms with Gasteiger partial charge in [0.2, 0.25) is 0 Å². The molecule has 0 atom stereocenters. The predicted molar refractivity (Wildman–Crippen MR) is 78.8 cm³/mol. The number of hydrogen-bond acceptors (Lipinski definition) is 5. The third-order valence-corrected chi connectivity index (χ3v) is 3.14. The van der Waals surface area contributed by atoms with E-state index in [0.29, 0.717) is 26.3 Å². The molecule has 0 fully saturated rings. The molecule has 1 aromatic heterocycles. The molecule has 21 heavy (non-hydrogen) atoms. The number of anilines is 1. The number of rotatable bonds is 4. The van der Waals surface area contributed by atoms with Gasteiger partial charge in [-0.3, -0.25) is 0 Å². The summed E-state index contributed by atoms with van der Waals surface area (Å²) >= 11 is 0. The lowest BCUT2D eigenvalue weighted by Gasteiger charge is -2.19. The lowest BCUT2D eigenvalue weighted by atomic mass is 10.1. The van der Waals surface area contributed by atoms with Gasteiger partial charge in [-0.15, -0.1) is 0 Å². The lowest BCUT2D eigenvalue weighted by molar-refractivity contribution is 0.172. The number of carbonyl (C=O) groups excluding carboxylic acids is 1. The number of ether oxygens (including phenoxy) is 2. The maximum Gasteiger partial charge on any atom is 0.312 e. The SMILES string of the molecule is NC(=O)NCCNc1nccc2cc3c(cc12)OCCO3. The maximum atomic E-state index is 10.6. The van der Waals surface area contributed by atoms with Gasteiger partial charge in [-0.05, 0) is 23.6 Å². The summed E-state index contributed by atoms with van der Waals surface area (Å²) in [6, 6.07) is 5.24. The summed E-state index contributed by atoms with van der Waals surface area (Å²) in [6.45, 7) is 2.07. The van der Waals surface area contributed by atoms with Gasteiger partial charge in [0, 0.05) is 24.7 Å². The summed E-state index contributed by atoms with van der Waals surface area (Å²) in [7, 11) is 0. The first-order valence-electron chi connectivity index (χ1n) is 6.69. The predicted octanol–water partition coefficient (Wildman–Crippen LogP) is 1.09. The van der Waals surface area contributed by atoms with E-state index in [1.807, 2.05) is 18.2 Å². The second-order valence-corrected chi connectivity index (χ2v) is 4.59. The molecular formula is C14H16N4O3. The van der Waals surface area contributed by atoms with Crippen molar-refractivity contribution in [1.29, 1.82) is 0 Å². The Hall–Kier alpha value is -2.70. The number of primary amides is 1. The van der Waals surface area contributed by atoms with E-state index < -0.39 is 6.03 Å². The molecular weight excluding hydrogens is 272 g/mol. The first-order chi connectivity index (χ1) is 10.2. The second-order valence-electron chi connectivity index (χ2n) is 4.59. The Balaban J connectivity index is 1.83. The summed E-state index contributed by atoms with van der Waals surface area (Å²) < 4.78 is 11.2. The number of pyridine rings is 1. The Morgan fingerprint density at radius 1 is 1.24 bits per heavy atom. The van der Waals surface area contributed by atoms with E-state index in [0.717, 1.165) is 28.1 Å². The van der Waals surface area contributed by atoms with Crippen LogP contribution in [0.3, 0.4) is 0 Å². The highest BCUT2D eigenvalue weighted by Crippen LogP contribution is 2.36. The van der Waals surface area contributed by atoms with Crippen molar-refractivity contribution in [1.82, 2.24) is 10.3 Å². The Kier molecular flexibility index (Phi) is 3.63. The van der Waals surface area contributed by atoms with Crippen LogP contribution in [-0.4, -0.2) is 37.3 Å². The largest absolute Gasteiger partial charge is 0.486 e. The van der Waals surface area contributed by atoms with Crippen LogP contribution in [0.2, 0.25) is 0 Å². The van der Waals surface area contributed by atoms with Crippen LogP contribution < -0.4 is 25.8 Å². The molecule has 0 bridgehead atoms. The van der Waals surface area contributed by atoms with Crippen molar-refractivity contribution in [3.63, 3.8) is 0 Å². The Labute approximate surface area is 121 Å². The topological polar surface area (TPSA) is 98.5 Å². The normalized spacial score (nSPS) is 13.0. The molecule has 7 heteroatoms. The van der Waals surface area contributed by atoms with Gasteiger partial charge in [0.15, 0.2) is 11.5 Å². The molecule has 110 valence electrons. The third-order valence-electron chi connectivity index (χ3n) is 3.14. The Bertz CT molecular complexity index is 675. The standard InChI is InChI=1S/C14H16N4O3/c15-14(19)18-4-3-17-13-10-8-12-11(20-5-6-21-12)7-9(10)1-2-16-13/h1-2,7-8H,3-6H2,(H,16,17)(H3,15,18,19). The zero-order valence-corrected chi connectivity index (χ0v) is 11.4. The molecule has 1 aromatic carbocycles. The van der Waals surface area contributed by atoms with Crippen molar-refractivity contribution in [2.45, 2.75) is 0 Å². The average molecular weight is 288 g/mol. The van der Waals surface area contributed by atoms with Crippen molar-refractivity contribution in [3.05, 3.63) is 24.4 Å². The molecule has 2 amide bonds. The molecule has 2 aromatic rings. The van der Waals surface area contributed by atoms with Gasteiger partial charge in [0.05, 0.1) is 0 Å². The van der Waals surface area contributed by atoms with Crippen LogP contribution in [-0.2, 0) is 0 Å². The van der Waals surface area contributed by atoms with Gasteiger partial charge in [0.1, 0.15) is 19.0 Å². The number of hydrogen-bond donors (Lipinski definition) is 3. The number of urea groups is 1. The number of nitrogens with one attached hydrogen (secondary N) is 2. The molecule has 1 aliphatic heterocycles. The fourth-order valence-corrected chi connectivity index (χ4v) is 2.22. The van der Waals surface area contributed by atoms with Crippen LogP contribution in [0.5, 0.6) is 11.5 Å². The van der Waals surface area contributed by atoms with E-state index in [4.69, 9.17) is 15.2 Å². The quantitative estimate of drug-likeness (QED) is 0.731. The maximum absolute atomic E-state index is 10.6. The highest BCUT2D eigenvalue weighted by molar-refractivity contribution is 5.94. The van der Waals surface area contributed by atoms with Crippen LogP contribution >= 0.6 is 0 Å². The molecule has 0 saturated carbocycles. The van der Waals surface area contributed by atoms with Gasteiger partial charge >= 0.3 is 6.03 Å². The minimum Gasteiger partial charge on any atom is -0.486 e. The molecule has 0 spiro atoms. The van der Waals surface area contributed by atoms with Crippen molar-refractivity contribution in [2.24, 2.45) is 5.73 Å². The van der Waals surface area contributed by atoms with E-state index >= 15 is 0 Å². The first-order valence-corrected chi connectivity index (χ1v) is 6.69. The summed E-state index contributed by atoms with van der Waals surface area (Å²) in [6.07, 6.45) is 1.72. The van der Waals surface area contributed by atoms with Gasteiger partial charge in [-0.1, -0.05) is 0 Å². The monoisotopic (exact) mass is 288 g/mol. The van der Waals surface area contributed by atoms with Gasteiger partial charge < -0.3 is 25.8 Å². The number of nitrogens with zero attached hydrogens (tertiary/aromatic N) is 1. The summed E-state index contributed by atoms with van der Waals surface area (Å²) in [5.41, 5.74) is 5.01. The molecule has 0 aliphatic carbocycles. The van der Waals surface area contributed by atoms with Crippen LogP contribution in [0.1, 0.15) is 0 Å². The number of benzene rings is 1. The molecule has 0 radical (unpaired) electrons. The zero-order valence-electron chi connectivity index (χ0n) is 11.4. The average Bonchev–Trinajstić information content (AvgIpc) is 2.49. The highest BCUT2D eigenvalue weighted by Gasteiger charge is 2.14. The Morgan fingerprint density at radius 3 is 2.76 bits per heavy atom. The van der Waals surface area contributed by atoms with Gasteiger partial charge in [-0.2, -0.15) is 0 Å². The summed E-state index contributed by atoms with van der Waals surface area (Å²) in [4.78, 5) is 14.9. The van der Waals surface area contributed by atoms with Crippen LogP contribution in [0.4, 0.5) is 10.6 Å². The zero-order chi connectivity index (χ0) is 14.7. The first kappa shape index (κ1) is 13.3. The van der Waals surface area contributed by atoms with Gasteiger partial charge in [-0.25, -0.2) is 9.78 Å². The van der Waals surface area contributed by atoms with Gasteiger partial charge in [0.25, 0.3) is 0 Å². The number of aromatic nitrogens is 1. The lowest BCUT2D eigenvalue weighted by Crippen LogP contribution is -2.33. The smallest absolute Gasteiger partial charge is 0.312 e. The van der Waals surface area contributed by atoms with Crippen LogP contribution in [0.25, 0.3) is 10.8 Å². The summed E-state index contributed by atoms with van der Waals surface area (Å²) in [5, 5.41) is 7.65. The second kappa shape index (κ2) is 5.74. The van der Waals surface area contributed by atoms with Crippen LogP contribution in [0.15, 0.2) is 24.4 Å². The van der Waals surface area contributed by atoms with Crippen LogP contribution in [0, 0.1) is 0 Å². The van der Waals surface area contributed by atoms with E-state index in [1.165, 1.54) is 0 Å². The fourth-order valence-electron chi connectivity index (χ4n) is 2.22. The third kappa shape index (κ3) is 2.91. The molecule has 7 nitrogen and oxygen atoms in total. The van der Waals surface area contributed by atoms with E-state index in [-0.39, 0.29) is 0 Å².